The smallest absolute Gasteiger partial charge is 0.333 e. The van der Waals surface area contributed by atoms with Crippen LogP contribution in [0.2, 0.25) is 5.02 Å². The maximum Gasteiger partial charge on any atom is 0.333 e. The van der Waals surface area contributed by atoms with Crippen molar-refractivity contribution >= 4 is 34.5 Å². The molecule has 1 aromatic heterocycles. The van der Waals surface area contributed by atoms with Gasteiger partial charge in [-0.25, -0.2) is 22.8 Å². The zero-order valence-electron chi connectivity index (χ0n) is 19.0. The van der Waals surface area contributed by atoms with E-state index in [4.69, 9.17) is 16.3 Å². The molecule has 1 atom stereocenters. The molecule has 36 heavy (non-hydrogen) atoms. The molecule has 0 bridgehead atoms. The first kappa shape index (κ1) is 25.1. The standard InChI is InChI=1S/C25H19ClF3N3O4/c1-31-19-11-10-17(28)21(29)22(19)32(25(31)35)14-8-6-13(7-9-14)12-18(24(34)36-2)30-23(33)20-15(26)4-3-5-16(20)27/h3-11,18H,12H2,1-2H3,(H,30,33). The maximum absolute atomic E-state index is 14.6. The number of nitrogens with one attached hydrogen (secondary N) is 1. The Bertz CT molecular complexity index is 1530. The molecule has 4 rings (SSSR count). The van der Waals surface area contributed by atoms with E-state index in [2.05, 4.69) is 5.32 Å². The number of hydrogen-bond donors (Lipinski definition) is 1. The van der Waals surface area contributed by atoms with E-state index in [1.807, 2.05) is 0 Å². The highest BCUT2D eigenvalue weighted by Crippen LogP contribution is 2.23. The molecule has 0 aliphatic carbocycles. The van der Waals surface area contributed by atoms with Crippen LogP contribution in [0.1, 0.15) is 15.9 Å². The highest BCUT2D eigenvalue weighted by Gasteiger charge is 2.26. The number of halogens is 4. The summed E-state index contributed by atoms with van der Waals surface area (Å²) in [5.41, 5.74) is -0.193. The van der Waals surface area contributed by atoms with E-state index in [1.54, 1.807) is 12.1 Å². The van der Waals surface area contributed by atoms with Crippen LogP contribution in [0.3, 0.4) is 0 Å². The molecular formula is C25H19ClF3N3O4. The number of nitrogens with zero attached hydrogens (tertiary/aromatic N) is 2. The summed E-state index contributed by atoms with van der Waals surface area (Å²) in [6.45, 7) is 0. The van der Waals surface area contributed by atoms with Crippen molar-refractivity contribution in [2.75, 3.05) is 7.11 Å². The van der Waals surface area contributed by atoms with Gasteiger partial charge in [-0.2, -0.15) is 0 Å². The number of carbonyl (C=O) groups is 2. The van der Waals surface area contributed by atoms with Crippen molar-refractivity contribution in [1.29, 1.82) is 0 Å². The number of aromatic nitrogens is 2. The molecule has 0 saturated heterocycles. The van der Waals surface area contributed by atoms with Crippen LogP contribution in [0.25, 0.3) is 16.7 Å². The van der Waals surface area contributed by atoms with E-state index >= 15 is 0 Å². The molecular weight excluding hydrogens is 499 g/mol. The van der Waals surface area contributed by atoms with Crippen molar-refractivity contribution < 1.29 is 27.5 Å². The lowest BCUT2D eigenvalue weighted by atomic mass is 10.0. The summed E-state index contributed by atoms with van der Waals surface area (Å²) < 4.78 is 49.5. The van der Waals surface area contributed by atoms with Crippen molar-refractivity contribution in [1.82, 2.24) is 14.5 Å². The van der Waals surface area contributed by atoms with Gasteiger partial charge < -0.3 is 10.1 Å². The van der Waals surface area contributed by atoms with Gasteiger partial charge in [0.05, 0.1) is 28.9 Å². The lowest BCUT2D eigenvalue weighted by Crippen LogP contribution is -2.43. The Labute approximate surface area is 207 Å². The molecule has 4 aromatic rings. The van der Waals surface area contributed by atoms with E-state index in [0.717, 1.165) is 23.8 Å². The number of rotatable bonds is 6. The Hall–Kier alpha value is -4.05. The Morgan fingerprint density at radius 2 is 1.72 bits per heavy atom. The minimum atomic E-state index is -1.18. The molecule has 0 fully saturated rings. The Kier molecular flexibility index (Phi) is 6.89. The molecule has 11 heteroatoms. The number of imidazole rings is 1. The average molecular weight is 518 g/mol. The van der Waals surface area contributed by atoms with Gasteiger partial charge in [0, 0.05) is 13.5 Å². The van der Waals surface area contributed by atoms with Crippen LogP contribution >= 0.6 is 11.6 Å². The van der Waals surface area contributed by atoms with Gasteiger partial charge in [0.1, 0.15) is 17.4 Å². The van der Waals surface area contributed by atoms with Crippen LogP contribution in [0.4, 0.5) is 13.2 Å². The van der Waals surface area contributed by atoms with Crippen LogP contribution in [-0.4, -0.2) is 34.2 Å². The third kappa shape index (κ3) is 4.47. The first-order valence-electron chi connectivity index (χ1n) is 10.6. The number of carbonyl (C=O) groups excluding carboxylic acids is 2. The van der Waals surface area contributed by atoms with E-state index in [-0.39, 0.29) is 28.2 Å². The van der Waals surface area contributed by atoms with E-state index < -0.39 is 46.6 Å². The van der Waals surface area contributed by atoms with Gasteiger partial charge in [-0.3, -0.25) is 13.9 Å². The number of amides is 1. The fourth-order valence-electron chi connectivity index (χ4n) is 3.90. The fraction of sp³-hybridized carbons (Fsp3) is 0.160. The molecule has 0 saturated carbocycles. The zero-order chi connectivity index (χ0) is 26.1. The molecule has 1 heterocycles. The maximum atomic E-state index is 14.6. The first-order chi connectivity index (χ1) is 17.1. The Morgan fingerprint density at radius 1 is 1.03 bits per heavy atom. The van der Waals surface area contributed by atoms with Gasteiger partial charge in [0.25, 0.3) is 5.91 Å². The summed E-state index contributed by atoms with van der Waals surface area (Å²) in [7, 11) is 2.58. The normalized spacial score (nSPS) is 11.9. The number of esters is 1. The molecule has 1 unspecified atom stereocenters. The number of benzene rings is 3. The van der Waals surface area contributed by atoms with Crippen LogP contribution in [0, 0.1) is 17.5 Å². The van der Waals surface area contributed by atoms with E-state index in [9.17, 15) is 27.6 Å². The third-order valence-electron chi connectivity index (χ3n) is 5.73. The molecule has 0 spiro atoms. The minimum Gasteiger partial charge on any atom is -0.467 e. The molecule has 0 aliphatic heterocycles. The quantitative estimate of drug-likeness (QED) is 0.393. The summed E-state index contributed by atoms with van der Waals surface area (Å²) in [4.78, 5) is 37.7. The van der Waals surface area contributed by atoms with Crippen molar-refractivity contribution in [2.24, 2.45) is 7.05 Å². The second kappa shape index (κ2) is 9.90. The van der Waals surface area contributed by atoms with Gasteiger partial charge >= 0.3 is 11.7 Å². The van der Waals surface area contributed by atoms with Gasteiger partial charge in [-0.05, 0) is 42.0 Å². The molecule has 0 radical (unpaired) electrons. The van der Waals surface area contributed by atoms with Crippen molar-refractivity contribution in [3.8, 4) is 5.69 Å². The predicted molar refractivity (Wildman–Crippen MR) is 127 cm³/mol. The van der Waals surface area contributed by atoms with E-state index in [1.165, 1.54) is 41.9 Å². The van der Waals surface area contributed by atoms with Gasteiger partial charge in [-0.1, -0.05) is 29.8 Å². The highest BCUT2D eigenvalue weighted by molar-refractivity contribution is 6.33. The number of fused-ring (bicyclic) bond motifs is 1. The molecule has 1 amide bonds. The molecule has 7 nitrogen and oxygen atoms in total. The van der Waals surface area contributed by atoms with Gasteiger partial charge in [0.2, 0.25) is 0 Å². The molecule has 1 N–H and O–H groups in total. The van der Waals surface area contributed by atoms with Crippen molar-refractivity contribution in [3.05, 3.63) is 98.7 Å². The topological polar surface area (TPSA) is 82.3 Å². The summed E-state index contributed by atoms with van der Waals surface area (Å²) in [5, 5.41) is 2.30. The van der Waals surface area contributed by atoms with Gasteiger partial charge in [0.15, 0.2) is 11.6 Å². The van der Waals surface area contributed by atoms with Crippen LogP contribution in [0.5, 0.6) is 0 Å². The molecule has 0 aliphatic rings. The number of aryl methyl sites for hydroxylation is 1. The SMILES string of the molecule is COC(=O)C(Cc1ccc(-n2c(=O)n(C)c3ccc(F)c(F)c32)cc1)NC(=O)c1c(F)cccc1Cl. The second-order valence-corrected chi connectivity index (χ2v) is 8.33. The Balaban J connectivity index is 1.64. The molecule has 186 valence electrons. The van der Waals surface area contributed by atoms with Crippen LogP contribution in [-0.2, 0) is 23.0 Å². The summed E-state index contributed by atoms with van der Waals surface area (Å²) >= 11 is 5.94. The van der Waals surface area contributed by atoms with Crippen LogP contribution < -0.4 is 11.0 Å². The third-order valence-corrected chi connectivity index (χ3v) is 6.04. The largest absolute Gasteiger partial charge is 0.467 e. The van der Waals surface area contributed by atoms with Crippen molar-refractivity contribution in [2.45, 2.75) is 12.5 Å². The second-order valence-electron chi connectivity index (χ2n) is 7.92. The minimum absolute atomic E-state index is 0.0435. The number of methoxy groups -OCH3 is 1. The summed E-state index contributed by atoms with van der Waals surface area (Å²) in [5.74, 6) is -4.77. The Morgan fingerprint density at radius 3 is 2.36 bits per heavy atom. The average Bonchev–Trinajstić information content (AvgIpc) is 3.11. The highest BCUT2D eigenvalue weighted by atomic mass is 35.5. The van der Waals surface area contributed by atoms with E-state index in [0.29, 0.717) is 5.56 Å². The lowest BCUT2D eigenvalue weighted by molar-refractivity contribution is -0.142. The summed E-state index contributed by atoms with van der Waals surface area (Å²) in [6.07, 6.45) is -0.0435. The monoisotopic (exact) mass is 517 g/mol. The molecule has 3 aromatic carbocycles. The fourth-order valence-corrected chi connectivity index (χ4v) is 4.15. The summed E-state index contributed by atoms with van der Waals surface area (Å²) in [6, 6.07) is 10.9. The zero-order valence-corrected chi connectivity index (χ0v) is 19.8. The first-order valence-corrected chi connectivity index (χ1v) is 11.0. The lowest BCUT2D eigenvalue weighted by Gasteiger charge is -2.17. The number of ether oxygens (including phenoxy) is 1. The van der Waals surface area contributed by atoms with Crippen molar-refractivity contribution in [3.63, 3.8) is 0 Å². The predicted octanol–water partition coefficient (Wildman–Crippen LogP) is 3.91. The van der Waals surface area contributed by atoms with Gasteiger partial charge in [-0.15, -0.1) is 0 Å². The number of hydrogen-bond acceptors (Lipinski definition) is 4. The van der Waals surface area contributed by atoms with Crippen LogP contribution in [0.15, 0.2) is 59.4 Å².